The molecule has 1 aromatic rings. The van der Waals surface area contributed by atoms with E-state index in [4.69, 9.17) is 4.74 Å². The van der Waals surface area contributed by atoms with Gasteiger partial charge in [0.1, 0.15) is 10.2 Å². The number of hydrogen-bond acceptors (Lipinski definition) is 3. The van der Waals surface area contributed by atoms with Crippen LogP contribution in [0.5, 0.6) is 5.88 Å². The molecule has 4 nitrogen and oxygen atoms in total. The van der Waals surface area contributed by atoms with Gasteiger partial charge >= 0.3 is 0 Å². The fourth-order valence-corrected chi connectivity index (χ4v) is 2.31. The fourth-order valence-electron chi connectivity index (χ4n) is 1.86. The zero-order valence-corrected chi connectivity index (χ0v) is 9.08. The number of halogens is 1. The molecular formula is C9H9BrN2O2. The van der Waals surface area contributed by atoms with Crippen LogP contribution in [0.3, 0.4) is 0 Å². The van der Waals surface area contributed by atoms with E-state index in [2.05, 4.69) is 21.0 Å². The maximum absolute atomic E-state index is 10.8. The van der Waals surface area contributed by atoms with Gasteiger partial charge < -0.3 is 4.74 Å². The first-order chi connectivity index (χ1) is 6.74. The molecule has 0 aromatic carbocycles. The average molecular weight is 257 g/mol. The Morgan fingerprint density at radius 3 is 3.00 bits per heavy atom. The van der Waals surface area contributed by atoms with Crippen LogP contribution in [0.25, 0.3) is 0 Å². The molecule has 0 radical (unpaired) electrons. The highest BCUT2D eigenvalue weighted by molar-refractivity contribution is 9.10. The molecule has 0 amide bonds. The number of rotatable bonds is 1. The van der Waals surface area contributed by atoms with Crippen molar-refractivity contribution in [1.82, 2.24) is 9.78 Å². The second-order valence-electron chi connectivity index (χ2n) is 4.07. The van der Waals surface area contributed by atoms with Crippen molar-refractivity contribution in [2.24, 2.45) is 5.41 Å². The molecule has 2 aliphatic rings. The summed E-state index contributed by atoms with van der Waals surface area (Å²) in [4.78, 5) is 10.8. The zero-order valence-electron chi connectivity index (χ0n) is 7.49. The van der Waals surface area contributed by atoms with Crippen LogP contribution in [0.4, 0.5) is 0 Å². The van der Waals surface area contributed by atoms with Gasteiger partial charge in [-0.3, -0.25) is 4.79 Å². The highest BCUT2D eigenvalue weighted by atomic mass is 79.9. The molecule has 0 unspecified atom stereocenters. The van der Waals surface area contributed by atoms with Gasteiger partial charge in [0.2, 0.25) is 5.88 Å². The van der Waals surface area contributed by atoms with Gasteiger partial charge in [-0.15, -0.1) is 0 Å². The van der Waals surface area contributed by atoms with Crippen LogP contribution < -0.4 is 4.74 Å². The molecule has 0 saturated heterocycles. The van der Waals surface area contributed by atoms with Crippen LogP contribution in [0.15, 0.2) is 4.60 Å². The summed E-state index contributed by atoms with van der Waals surface area (Å²) in [5.74, 6) is 0.615. The van der Waals surface area contributed by atoms with Crippen molar-refractivity contribution in [3.05, 3.63) is 10.2 Å². The van der Waals surface area contributed by atoms with Crippen LogP contribution in [0.1, 0.15) is 23.2 Å². The molecule has 3 rings (SSSR count). The number of fused-ring (bicyclic) bond motifs is 1. The van der Waals surface area contributed by atoms with Gasteiger partial charge in [0.15, 0.2) is 6.29 Å². The number of aromatic nitrogens is 2. The van der Waals surface area contributed by atoms with E-state index < -0.39 is 0 Å². The van der Waals surface area contributed by atoms with Crippen LogP contribution in [0, 0.1) is 5.41 Å². The molecule has 74 valence electrons. The van der Waals surface area contributed by atoms with Crippen molar-refractivity contribution >= 4 is 22.2 Å². The molecule has 1 aliphatic carbocycles. The first-order valence-corrected chi connectivity index (χ1v) is 5.38. The second kappa shape index (κ2) is 2.59. The lowest BCUT2D eigenvalue weighted by atomic mass is 10.1. The van der Waals surface area contributed by atoms with E-state index in [9.17, 15) is 4.79 Å². The van der Waals surface area contributed by atoms with E-state index in [-0.39, 0.29) is 0 Å². The fraction of sp³-hybridized carbons (Fsp3) is 0.556. The summed E-state index contributed by atoms with van der Waals surface area (Å²) in [6.07, 6.45) is 3.20. The van der Waals surface area contributed by atoms with Gasteiger partial charge in [0.25, 0.3) is 0 Å². The van der Waals surface area contributed by atoms with E-state index >= 15 is 0 Å². The monoisotopic (exact) mass is 256 g/mol. The van der Waals surface area contributed by atoms with Crippen molar-refractivity contribution in [3.8, 4) is 5.88 Å². The highest BCUT2D eigenvalue weighted by Gasteiger charge is 2.47. The first kappa shape index (κ1) is 8.47. The van der Waals surface area contributed by atoms with Gasteiger partial charge in [-0.25, -0.2) is 4.68 Å². The zero-order chi connectivity index (χ0) is 9.76. The lowest BCUT2D eigenvalue weighted by molar-refractivity contribution is 0.110. The van der Waals surface area contributed by atoms with Crippen molar-refractivity contribution in [2.75, 3.05) is 6.61 Å². The summed E-state index contributed by atoms with van der Waals surface area (Å²) < 4.78 is 7.96. The third-order valence-electron chi connectivity index (χ3n) is 2.97. The average Bonchev–Trinajstić information content (AvgIpc) is 2.81. The lowest BCUT2D eigenvalue weighted by Gasteiger charge is -2.23. The molecule has 1 saturated carbocycles. The van der Waals surface area contributed by atoms with Crippen molar-refractivity contribution < 1.29 is 9.53 Å². The van der Waals surface area contributed by atoms with E-state index in [0.717, 1.165) is 19.4 Å². The molecule has 1 aliphatic heterocycles. The number of carbonyl (C=O) groups is 1. The number of nitrogens with zero attached hydrogens (tertiary/aromatic N) is 2. The normalized spacial score (nSPS) is 21.5. The van der Waals surface area contributed by atoms with Gasteiger partial charge in [-0.2, -0.15) is 5.10 Å². The number of carbonyl (C=O) groups excluding carboxylic acids is 1. The van der Waals surface area contributed by atoms with Crippen molar-refractivity contribution in [1.29, 1.82) is 0 Å². The Balaban J connectivity index is 2.06. The highest BCUT2D eigenvalue weighted by Crippen LogP contribution is 2.50. The molecule has 0 N–H and O–H groups in total. The third kappa shape index (κ3) is 1.05. The number of hydrogen-bond donors (Lipinski definition) is 0. The molecule has 1 fully saturated rings. The minimum Gasteiger partial charge on any atom is -0.477 e. The summed E-state index contributed by atoms with van der Waals surface area (Å²) in [7, 11) is 0. The smallest absolute Gasteiger partial charge is 0.223 e. The Labute approximate surface area is 89.4 Å². The van der Waals surface area contributed by atoms with E-state index in [1.165, 1.54) is 12.8 Å². The molecule has 1 aromatic heterocycles. The number of ether oxygens (including phenoxy) is 1. The minimum absolute atomic E-state index is 0.318. The standard InChI is InChI=1S/C9H9BrN2O2/c10-7-6(3-13)8-12(11-7)4-9(1-2-9)5-14-8/h3H,1-2,4-5H2. The maximum atomic E-state index is 10.8. The van der Waals surface area contributed by atoms with Crippen molar-refractivity contribution in [3.63, 3.8) is 0 Å². The quantitative estimate of drug-likeness (QED) is 0.718. The largest absolute Gasteiger partial charge is 0.477 e. The molecule has 0 bridgehead atoms. The molecule has 2 heterocycles. The predicted molar refractivity (Wildman–Crippen MR) is 52.5 cm³/mol. The van der Waals surface area contributed by atoms with Gasteiger partial charge in [-0.05, 0) is 28.8 Å². The van der Waals surface area contributed by atoms with Crippen LogP contribution in [-0.2, 0) is 6.54 Å². The Kier molecular flexibility index (Phi) is 1.57. The Morgan fingerprint density at radius 1 is 1.57 bits per heavy atom. The molecule has 0 atom stereocenters. The van der Waals surface area contributed by atoms with Gasteiger partial charge in [0.05, 0.1) is 13.2 Å². The van der Waals surface area contributed by atoms with E-state index in [1.807, 2.05) is 0 Å². The maximum Gasteiger partial charge on any atom is 0.223 e. The molecule has 14 heavy (non-hydrogen) atoms. The Bertz CT molecular complexity index is 409. The van der Waals surface area contributed by atoms with Gasteiger partial charge in [0, 0.05) is 5.41 Å². The SMILES string of the molecule is O=Cc1c(Br)nn2c1OCC1(CC1)C2. The lowest BCUT2D eigenvalue weighted by Crippen LogP contribution is -2.27. The second-order valence-corrected chi connectivity index (χ2v) is 4.82. The molecular weight excluding hydrogens is 248 g/mol. The summed E-state index contributed by atoms with van der Waals surface area (Å²) in [6, 6.07) is 0. The van der Waals surface area contributed by atoms with Gasteiger partial charge in [-0.1, -0.05) is 0 Å². The van der Waals surface area contributed by atoms with Crippen LogP contribution in [0.2, 0.25) is 0 Å². The number of aldehydes is 1. The molecule has 1 spiro atoms. The summed E-state index contributed by atoms with van der Waals surface area (Å²) >= 11 is 3.25. The van der Waals surface area contributed by atoms with Crippen LogP contribution >= 0.6 is 15.9 Å². The summed E-state index contributed by atoms with van der Waals surface area (Å²) in [5, 5.41) is 4.23. The van der Waals surface area contributed by atoms with Crippen LogP contribution in [-0.4, -0.2) is 22.7 Å². The van der Waals surface area contributed by atoms with Crippen molar-refractivity contribution in [2.45, 2.75) is 19.4 Å². The summed E-state index contributed by atoms with van der Waals surface area (Å²) in [5.41, 5.74) is 0.846. The summed E-state index contributed by atoms with van der Waals surface area (Å²) in [6.45, 7) is 1.61. The third-order valence-corrected chi connectivity index (χ3v) is 3.56. The topological polar surface area (TPSA) is 44.1 Å². The molecule has 5 heteroatoms. The predicted octanol–water partition coefficient (Wildman–Crippen LogP) is 1.63. The minimum atomic E-state index is 0.318. The van der Waals surface area contributed by atoms with E-state index in [0.29, 0.717) is 21.5 Å². The Morgan fingerprint density at radius 2 is 2.36 bits per heavy atom. The Hall–Kier alpha value is -0.840. The first-order valence-electron chi connectivity index (χ1n) is 4.58. The van der Waals surface area contributed by atoms with E-state index in [1.54, 1.807) is 4.68 Å².